The van der Waals surface area contributed by atoms with Gasteiger partial charge < -0.3 is 10.6 Å². The van der Waals surface area contributed by atoms with Gasteiger partial charge in [0.05, 0.1) is 0 Å². The van der Waals surface area contributed by atoms with Crippen LogP contribution in [0, 0.1) is 5.92 Å². The number of amides is 1. The van der Waals surface area contributed by atoms with E-state index in [0.717, 1.165) is 12.2 Å². The minimum Gasteiger partial charge on any atom is -0.326 e. The first-order valence-electron chi connectivity index (χ1n) is 6.81. The van der Waals surface area contributed by atoms with E-state index >= 15 is 0 Å². The van der Waals surface area contributed by atoms with Crippen molar-refractivity contribution in [2.24, 2.45) is 5.92 Å². The van der Waals surface area contributed by atoms with Crippen molar-refractivity contribution in [1.29, 1.82) is 0 Å². The van der Waals surface area contributed by atoms with Crippen molar-refractivity contribution >= 4 is 24.0 Å². The molecule has 0 bridgehead atoms. The van der Waals surface area contributed by atoms with Gasteiger partial charge in [0, 0.05) is 18.7 Å². The molecule has 0 atom stereocenters. The second-order valence-electron chi connectivity index (χ2n) is 5.13. The predicted molar refractivity (Wildman–Crippen MR) is 81.7 cm³/mol. The highest BCUT2D eigenvalue weighted by Crippen LogP contribution is 2.27. The van der Waals surface area contributed by atoms with Crippen LogP contribution in [0.25, 0.3) is 0 Å². The number of hydrogen-bond donors (Lipinski definition) is 2. The van der Waals surface area contributed by atoms with Crippen LogP contribution in [0.15, 0.2) is 24.3 Å². The van der Waals surface area contributed by atoms with Crippen molar-refractivity contribution in [3.63, 3.8) is 0 Å². The van der Waals surface area contributed by atoms with Crippen LogP contribution >= 0.6 is 12.4 Å². The quantitative estimate of drug-likeness (QED) is 0.870. The molecular formula is C15H23ClN2O. The molecule has 2 rings (SSSR count). The maximum atomic E-state index is 11.9. The summed E-state index contributed by atoms with van der Waals surface area (Å²) in [5.74, 6) is 0.758. The first-order valence-corrected chi connectivity index (χ1v) is 6.81. The van der Waals surface area contributed by atoms with Gasteiger partial charge in [-0.05, 0) is 43.5 Å². The summed E-state index contributed by atoms with van der Waals surface area (Å²) >= 11 is 0. The van der Waals surface area contributed by atoms with Crippen LogP contribution in [-0.4, -0.2) is 13.0 Å². The van der Waals surface area contributed by atoms with Crippen LogP contribution in [0.1, 0.15) is 37.7 Å². The third kappa shape index (κ3) is 5.21. The molecule has 4 heteroatoms. The fraction of sp³-hybridized carbons (Fsp3) is 0.533. The van der Waals surface area contributed by atoms with E-state index in [2.05, 4.69) is 16.7 Å². The van der Waals surface area contributed by atoms with E-state index in [9.17, 15) is 4.79 Å². The molecule has 19 heavy (non-hydrogen) atoms. The van der Waals surface area contributed by atoms with E-state index in [0.29, 0.717) is 12.3 Å². The minimum atomic E-state index is 0. The Labute approximate surface area is 121 Å². The van der Waals surface area contributed by atoms with E-state index in [1.807, 2.05) is 25.2 Å². The van der Waals surface area contributed by atoms with Crippen LogP contribution < -0.4 is 10.6 Å². The van der Waals surface area contributed by atoms with Gasteiger partial charge >= 0.3 is 0 Å². The zero-order chi connectivity index (χ0) is 12.8. The lowest BCUT2D eigenvalue weighted by molar-refractivity contribution is -0.117. The molecule has 1 aromatic rings. The Morgan fingerprint density at radius 2 is 2.05 bits per heavy atom. The standard InChI is InChI=1S/C15H22N2O.ClH/c1-16-11-13-7-4-8-14(9-13)17-15(18)10-12-5-2-3-6-12;/h4,7-9,12,16H,2-3,5-6,10-11H2,1H3,(H,17,18);1H. The topological polar surface area (TPSA) is 41.1 Å². The van der Waals surface area contributed by atoms with Crippen molar-refractivity contribution < 1.29 is 4.79 Å². The van der Waals surface area contributed by atoms with E-state index in [4.69, 9.17) is 0 Å². The number of nitrogens with one attached hydrogen (secondary N) is 2. The summed E-state index contributed by atoms with van der Waals surface area (Å²) in [6, 6.07) is 8.02. The molecule has 106 valence electrons. The number of hydrogen-bond acceptors (Lipinski definition) is 2. The van der Waals surface area contributed by atoms with Crippen molar-refractivity contribution in [2.75, 3.05) is 12.4 Å². The molecule has 1 saturated carbocycles. The number of anilines is 1. The Balaban J connectivity index is 0.00000180. The molecule has 0 aromatic heterocycles. The highest BCUT2D eigenvalue weighted by molar-refractivity contribution is 5.90. The average molecular weight is 283 g/mol. The minimum absolute atomic E-state index is 0. The SMILES string of the molecule is CNCc1cccc(NC(=O)CC2CCCC2)c1.Cl. The Morgan fingerprint density at radius 1 is 1.32 bits per heavy atom. The highest BCUT2D eigenvalue weighted by atomic mass is 35.5. The van der Waals surface area contributed by atoms with E-state index in [1.54, 1.807) is 0 Å². The lowest BCUT2D eigenvalue weighted by Gasteiger charge is -2.10. The van der Waals surface area contributed by atoms with E-state index < -0.39 is 0 Å². The highest BCUT2D eigenvalue weighted by Gasteiger charge is 2.18. The third-order valence-corrected chi connectivity index (χ3v) is 3.54. The third-order valence-electron chi connectivity index (χ3n) is 3.54. The number of rotatable bonds is 5. The molecule has 0 heterocycles. The Kier molecular flexibility index (Phi) is 6.89. The second kappa shape index (κ2) is 8.18. The lowest BCUT2D eigenvalue weighted by Crippen LogP contribution is -2.15. The molecule has 1 fully saturated rings. The van der Waals surface area contributed by atoms with E-state index in [-0.39, 0.29) is 18.3 Å². The molecule has 1 aliphatic rings. The molecule has 0 spiro atoms. The Hall–Kier alpha value is -1.06. The maximum absolute atomic E-state index is 11.9. The van der Waals surface area contributed by atoms with Gasteiger partial charge in [-0.2, -0.15) is 0 Å². The summed E-state index contributed by atoms with van der Waals surface area (Å²) in [7, 11) is 1.92. The van der Waals surface area contributed by atoms with Gasteiger partial charge in [-0.25, -0.2) is 0 Å². The molecule has 3 nitrogen and oxygen atoms in total. The molecule has 0 saturated heterocycles. The normalized spacial score (nSPS) is 15.0. The number of carbonyl (C=O) groups is 1. The summed E-state index contributed by atoms with van der Waals surface area (Å²) in [5, 5.41) is 6.11. The van der Waals surface area contributed by atoms with Crippen molar-refractivity contribution in [3.8, 4) is 0 Å². The van der Waals surface area contributed by atoms with Crippen molar-refractivity contribution in [3.05, 3.63) is 29.8 Å². The molecule has 1 amide bonds. The summed E-state index contributed by atoms with van der Waals surface area (Å²) in [6.45, 7) is 0.826. The summed E-state index contributed by atoms with van der Waals surface area (Å²) in [6.07, 6.45) is 5.68. The van der Waals surface area contributed by atoms with Gasteiger partial charge in [-0.3, -0.25) is 4.79 Å². The zero-order valence-corrected chi connectivity index (χ0v) is 12.3. The number of halogens is 1. The van der Waals surface area contributed by atoms with Crippen LogP contribution in [0.3, 0.4) is 0 Å². The van der Waals surface area contributed by atoms with Gasteiger partial charge in [-0.1, -0.05) is 25.0 Å². The van der Waals surface area contributed by atoms with Crippen LogP contribution in [0.2, 0.25) is 0 Å². The fourth-order valence-electron chi connectivity index (χ4n) is 2.65. The summed E-state index contributed by atoms with van der Waals surface area (Å²) < 4.78 is 0. The van der Waals surface area contributed by atoms with Crippen molar-refractivity contribution in [1.82, 2.24) is 5.32 Å². The van der Waals surface area contributed by atoms with Gasteiger partial charge in [0.2, 0.25) is 5.91 Å². The molecule has 0 unspecified atom stereocenters. The molecule has 1 aromatic carbocycles. The summed E-state index contributed by atoms with van der Waals surface area (Å²) in [4.78, 5) is 11.9. The fourth-order valence-corrected chi connectivity index (χ4v) is 2.65. The largest absolute Gasteiger partial charge is 0.326 e. The zero-order valence-electron chi connectivity index (χ0n) is 11.4. The van der Waals surface area contributed by atoms with Crippen molar-refractivity contribution in [2.45, 2.75) is 38.6 Å². The molecule has 1 aliphatic carbocycles. The first-order chi connectivity index (χ1) is 8.78. The van der Waals surface area contributed by atoms with Gasteiger partial charge in [0.15, 0.2) is 0 Å². The maximum Gasteiger partial charge on any atom is 0.224 e. The predicted octanol–water partition coefficient (Wildman–Crippen LogP) is 3.35. The Morgan fingerprint density at radius 3 is 2.74 bits per heavy atom. The Bertz CT molecular complexity index is 403. The second-order valence-corrected chi connectivity index (χ2v) is 5.13. The van der Waals surface area contributed by atoms with Crippen LogP contribution in [-0.2, 0) is 11.3 Å². The lowest BCUT2D eigenvalue weighted by atomic mass is 10.0. The summed E-state index contributed by atoms with van der Waals surface area (Å²) in [5.41, 5.74) is 2.10. The van der Waals surface area contributed by atoms with Gasteiger partial charge in [0.25, 0.3) is 0 Å². The molecule has 0 aliphatic heterocycles. The molecular weight excluding hydrogens is 260 g/mol. The monoisotopic (exact) mass is 282 g/mol. The molecule has 0 radical (unpaired) electrons. The first kappa shape index (κ1) is 16.0. The average Bonchev–Trinajstić information content (AvgIpc) is 2.82. The molecule has 2 N–H and O–H groups in total. The van der Waals surface area contributed by atoms with Gasteiger partial charge in [0.1, 0.15) is 0 Å². The van der Waals surface area contributed by atoms with E-state index in [1.165, 1.54) is 31.2 Å². The number of carbonyl (C=O) groups excluding carboxylic acids is 1. The smallest absolute Gasteiger partial charge is 0.224 e. The van der Waals surface area contributed by atoms with Gasteiger partial charge in [-0.15, -0.1) is 12.4 Å². The van der Waals surface area contributed by atoms with Crippen LogP contribution in [0.4, 0.5) is 5.69 Å². The van der Waals surface area contributed by atoms with Crippen LogP contribution in [0.5, 0.6) is 0 Å². The number of benzene rings is 1.